The molecule has 1 atom stereocenters. The predicted octanol–water partition coefficient (Wildman–Crippen LogP) is 5.58. The third-order valence-electron chi connectivity index (χ3n) is 6.06. The molecule has 36 heavy (non-hydrogen) atoms. The van der Waals surface area contributed by atoms with Crippen LogP contribution >= 0.6 is 0 Å². The molecule has 0 aliphatic carbocycles. The van der Waals surface area contributed by atoms with Gasteiger partial charge >= 0.3 is 12.2 Å². The maximum absolute atomic E-state index is 12.5. The van der Waals surface area contributed by atoms with Gasteiger partial charge < -0.3 is 24.3 Å². The minimum atomic E-state index is -0.536. The lowest BCUT2D eigenvalue weighted by Gasteiger charge is -2.30. The summed E-state index contributed by atoms with van der Waals surface area (Å²) in [7, 11) is 1.98. The first-order chi connectivity index (χ1) is 17.1. The Bertz CT molecular complexity index is 1270. The zero-order chi connectivity index (χ0) is 25.9. The largest absolute Gasteiger partial charge is 0.445 e. The topological polar surface area (TPSA) is 85.7 Å². The minimum Gasteiger partial charge on any atom is -0.445 e. The van der Waals surface area contributed by atoms with E-state index in [9.17, 15) is 9.59 Å². The van der Waals surface area contributed by atoms with Crippen LogP contribution in [0.5, 0.6) is 0 Å². The van der Waals surface area contributed by atoms with Gasteiger partial charge in [0.2, 0.25) is 0 Å². The Kier molecular flexibility index (Phi) is 7.33. The quantitative estimate of drug-likeness (QED) is 0.504. The molecule has 0 radical (unpaired) electrons. The fourth-order valence-corrected chi connectivity index (χ4v) is 4.20. The summed E-state index contributed by atoms with van der Waals surface area (Å²) in [6.07, 6.45) is 3.86. The summed E-state index contributed by atoms with van der Waals surface area (Å²) in [5.74, 6) is 0. The molecule has 0 spiro atoms. The van der Waals surface area contributed by atoms with Gasteiger partial charge in [0.25, 0.3) is 0 Å². The molecule has 3 aromatic rings. The smallest absolute Gasteiger partial charge is 0.410 e. The molecule has 1 aliphatic rings. The number of benzene rings is 1. The first-order valence-corrected chi connectivity index (χ1v) is 12.2. The van der Waals surface area contributed by atoms with Gasteiger partial charge in [-0.15, -0.1) is 0 Å². The number of ether oxygens (including phenoxy) is 2. The van der Waals surface area contributed by atoms with E-state index in [0.29, 0.717) is 19.5 Å². The summed E-state index contributed by atoms with van der Waals surface area (Å²) < 4.78 is 13.0. The van der Waals surface area contributed by atoms with Crippen molar-refractivity contribution in [3.63, 3.8) is 0 Å². The maximum atomic E-state index is 12.5. The van der Waals surface area contributed by atoms with Crippen molar-refractivity contribution >= 4 is 28.8 Å². The normalized spacial score (nSPS) is 14.8. The lowest BCUT2D eigenvalue weighted by molar-refractivity contribution is 0.0270. The van der Waals surface area contributed by atoms with Crippen LogP contribution in [0.1, 0.15) is 57.0 Å². The van der Waals surface area contributed by atoms with Gasteiger partial charge in [-0.25, -0.2) is 14.6 Å². The van der Waals surface area contributed by atoms with Gasteiger partial charge in [0.05, 0.1) is 22.8 Å². The number of pyridine rings is 1. The van der Waals surface area contributed by atoms with E-state index in [1.807, 2.05) is 88.0 Å². The molecule has 8 nitrogen and oxygen atoms in total. The predicted molar refractivity (Wildman–Crippen MR) is 139 cm³/mol. The number of hydrogen-bond donors (Lipinski definition) is 1. The number of aromatic nitrogens is 2. The lowest BCUT2D eigenvalue weighted by atomic mass is 9.95. The number of carbonyl (C=O) groups excluding carboxylic acids is 2. The average molecular weight is 491 g/mol. The zero-order valence-corrected chi connectivity index (χ0v) is 21.6. The Morgan fingerprint density at radius 1 is 1.17 bits per heavy atom. The average Bonchev–Trinajstić information content (AvgIpc) is 3.21. The Morgan fingerprint density at radius 3 is 2.58 bits per heavy atom. The maximum Gasteiger partial charge on any atom is 0.410 e. The number of nitrogens with one attached hydrogen (secondary N) is 1. The van der Waals surface area contributed by atoms with Gasteiger partial charge in [-0.05, 0) is 57.4 Å². The summed E-state index contributed by atoms with van der Waals surface area (Å²) in [6.45, 7) is 8.69. The third-order valence-corrected chi connectivity index (χ3v) is 6.06. The van der Waals surface area contributed by atoms with Crippen LogP contribution in [-0.4, -0.2) is 45.3 Å². The van der Waals surface area contributed by atoms with E-state index in [1.165, 1.54) is 0 Å². The highest BCUT2D eigenvalue weighted by Crippen LogP contribution is 2.31. The lowest BCUT2D eigenvalue weighted by Crippen LogP contribution is -2.39. The van der Waals surface area contributed by atoms with Crippen LogP contribution in [0, 0.1) is 0 Å². The highest BCUT2D eigenvalue weighted by Gasteiger charge is 2.26. The molecule has 2 aromatic heterocycles. The Balaban J connectivity index is 1.53. The van der Waals surface area contributed by atoms with Crippen molar-refractivity contribution in [3.8, 4) is 0 Å². The van der Waals surface area contributed by atoms with Gasteiger partial charge in [-0.2, -0.15) is 0 Å². The van der Waals surface area contributed by atoms with E-state index < -0.39 is 11.7 Å². The van der Waals surface area contributed by atoms with Crippen LogP contribution in [-0.2, 0) is 23.1 Å². The van der Waals surface area contributed by atoms with Crippen LogP contribution in [0.25, 0.3) is 16.6 Å². The number of fused-ring (bicyclic) bond motifs is 1. The molecule has 2 amide bonds. The monoisotopic (exact) mass is 490 g/mol. The van der Waals surface area contributed by atoms with Crippen molar-refractivity contribution < 1.29 is 19.1 Å². The summed E-state index contributed by atoms with van der Waals surface area (Å²) in [5.41, 5.74) is 5.06. The van der Waals surface area contributed by atoms with Crippen molar-refractivity contribution in [2.24, 2.45) is 7.05 Å². The number of aryl methyl sites for hydroxylation is 1. The number of rotatable bonds is 5. The first kappa shape index (κ1) is 25.3. The van der Waals surface area contributed by atoms with Crippen LogP contribution in [0.2, 0.25) is 0 Å². The molecule has 1 aliphatic heterocycles. The highest BCUT2D eigenvalue weighted by atomic mass is 16.6. The second-order valence-electron chi connectivity index (χ2n) is 10.1. The standard InChI is InChI=1S/C28H34N4O4/c1-19(29-26(33)35-18-20-9-7-6-8-10-20)25-22(17-24-23(30-25)13-14-31(24)5)21-11-15-32(16-12-21)27(34)36-28(2,3)4/h6-11,13-14,17,19H,12,15-16,18H2,1-5H3,(H,29,33). The molecule has 3 heterocycles. The molecular formula is C28H34N4O4. The SMILES string of the molecule is CC(NC(=O)OCc1ccccc1)c1nc2ccn(C)c2cc1C1=CCN(C(=O)OC(C)(C)C)CC1. The Morgan fingerprint density at radius 2 is 1.92 bits per heavy atom. The molecule has 8 heteroatoms. The molecular weight excluding hydrogens is 456 g/mol. The van der Waals surface area contributed by atoms with Gasteiger partial charge in [0, 0.05) is 31.9 Å². The fraction of sp³-hybridized carbons (Fsp3) is 0.393. The molecule has 0 bridgehead atoms. The van der Waals surface area contributed by atoms with E-state index in [1.54, 1.807) is 4.90 Å². The molecule has 0 saturated carbocycles. The van der Waals surface area contributed by atoms with Crippen molar-refractivity contribution in [2.45, 2.75) is 52.4 Å². The van der Waals surface area contributed by atoms with Crippen molar-refractivity contribution in [1.29, 1.82) is 0 Å². The summed E-state index contributed by atoms with van der Waals surface area (Å²) in [4.78, 5) is 31.7. The summed E-state index contributed by atoms with van der Waals surface area (Å²) in [5, 5.41) is 2.93. The summed E-state index contributed by atoms with van der Waals surface area (Å²) in [6, 6.07) is 13.3. The highest BCUT2D eigenvalue weighted by molar-refractivity contribution is 5.83. The fourth-order valence-electron chi connectivity index (χ4n) is 4.20. The van der Waals surface area contributed by atoms with E-state index >= 15 is 0 Å². The van der Waals surface area contributed by atoms with Gasteiger partial charge in [-0.3, -0.25) is 0 Å². The second-order valence-corrected chi connectivity index (χ2v) is 10.1. The Labute approximate surface area is 211 Å². The number of alkyl carbamates (subject to hydrolysis) is 1. The number of carbonyl (C=O) groups is 2. The van der Waals surface area contributed by atoms with Crippen LogP contribution < -0.4 is 5.32 Å². The second kappa shape index (κ2) is 10.4. The van der Waals surface area contributed by atoms with Crippen LogP contribution in [0.3, 0.4) is 0 Å². The first-order valence-electron chi connectivity index (χ1n) is 12.2. The number of nitrogens with zero attached hydrogens (tertiary/aromatic N) is 3. The molecule has 1 aromatic carbocycles. The molecule has 190 valence electrons. The van der Waals surface area contributed by atoms with Crippen LogP contribution in [0.15, 0.2) is 54.7 Å². The van der Waals surface area contributed by atoms with E-state index in [2.05, 4.69) is 11.4 Å². The minimum absolute atomic E-state index is 0.197. The molecule has 4 rings (SSSR count). The molecule has 1 N–H and O–H groups in total. The zero-order valence-electron chi connectivity index (χ0n) is 21.6. The Hall–Kier alpha value is -3.81. The molecule has 1 unspecified atom stereocenters. The molecule has 0 fully saturated rings. The van der Waals surface area contributed by atoms with Crippen molar-refractivity contribution in [2.75, 3.05) is 13.1 Å². The van der Waals surface area contributed by atoms with E-state index in [-0.39, 0.29) is 18.7 Å². The van der Waals surface area contributed by atoms with Crippen LogP contribution in [0.4, 0.5) is 9.59 Å². The summed E-state index contributed by atoms with van der Waals surface area (Å²) >= 11 is 0. The molecule has 0 saturated heterocycles. The number of hydrogen-bond acceptors (Lipinski definition) is 5. The van der Waals surface area contributed by atoms with E-state index in [4.69, 9.17) is 14.5 Å². The number of amides is 2. The van der Waals surface area contributed by atoms with Crippen molar-refractivity contribution in [3.05, 3.63) is 71.6 Å². The third kappa shape index (κ3) is 6.05. The van der Waals surface area contributed by atoms with Crippen molar-refractivity contribution in [1.82, 2.24) is 19.8 Å². The van der Waals surface area contributed by atoms with Gasteiger partial charge in [0.15, 0.2) is 0 Å². The van der Waals surface area contributed by atoms with E-state index in [0.717, 1.165) is 33.4 Å². The van der Waals surface area contributed by atoms with Gasteiger partial charge in [0.1, 0.15) is 12.2 Å². The van der Waals surface area contributed by atoms with Gasteiger partial charge in [-0.1, -0.05) is 36.4 Å².